The maximum Gasteiger partial charge on any atom is 0.341 e. The van der Waals surface area contributed by atoms with Gasteiger partial charge in [0.15, 0.2) is 5.82 Å². The summed E-state index contributed by atoms with van der Waals surface area (Å²) in [6.45, 7) is 2.53. The third-order valence-electron chi connectivity index (χ3n) is 2.45. The van der Waals surface area contributed by atoms with E-state index in [1.807, 2.05) is 0 Å². The minimum atomic E-state index is -0.464. The lowest BCUT2D eigenvalue weighted by atomic mass is 10.2. The van der Waals surface area contributed by atoms with Gasteiger partial charge in [0.05, 0.1) is 18.5 Å². The lowest BCUT2D eigenvalue weighted by molar-refractivity contribution is 0.0527. The van der Waals surface area contributed by atoms with Crippen molar-refractivity contribution in [2.45, 2.75) is 13.3 Å². The highest BCUT2D eigenvalue weighted by Crippen LogP contribution is 2.16. The highest BCUT2D eigenvalue weighted by molar-refractivity contribution is 5.95. The molecule has 8 nitrogen and oxygen atoms in total. The molecule has 106 valence electrons. The summed E-state index contributed by atoms with van der Waals surface area (Å²) in [5.74, 6) is 0.529. The third-order valence-corrected chi connectivity index (χ3v) is 2.45. The first kappa shape index (κ1) is 13.8. The summed E-state index contributed by atoms with van der Waals surface area (Å²) in [6, 6.07) is 1.53. The topological polar surface area (TPSA) is 116 Å². The molecule has 0 unspecified atom stereocenters. The smallest absolute Gasteiger partial charge is 0.341 e. The molecule has 0 aliphatic rings. The molecule has 0 aliphatic carbocycles. The van der Waals surface area contributed by atoms with E-state index in [0.29, 0.717) is 35.9 Å². The Kier molecular flexibility index (Phi) is 4.48. The number of pyridine rings is 1. The highest BCUT2D eigenvalue weighted by atomic mass is 16.5. The maximum atomic E-state index is 11.8. The number of hydrogen-bond donors (Lipinski definition) is 2. The first-order valence-corrected chi connectivity index (χ1v) is 6.12. The molecule has 2 aromatic rings. The van der Waals surface area contributed by atoms with Crippen LogP contribution in [-0.4, -0.2) is 34.2 Å². The molecule has 20 heavy (non-hydrogen) atoms. The summed E-state index contributed by atoms with van der Waals surface area (Å²) >= 11 is 0. The molecule has 0 spiro atoms. The standard InChI is InChI=1S/C12H15N5O3/c1-2-19-12(18)9-5-8(13)6-15-11(9)14-4-3-10-16-7-20-17-10/h5-7H,2-4,13H2,1H3,(H,14,15). The molecule has 2 heterocycles. The van der Waals surface area contributed by atoms with Crippen molar-refractivity contribution in [2.24, 2.45) is 0 Å². The predicted octanol–water partition coefficient (Wildman–Crippen LogP) is 0.878. The minimum Gasteiger partial charge on any atom is -0.462 e. The number of hydrogen-bond acceptors (Lipinski definition) is 8. The van der Waals surface area contributed by atoms with Crippen LogP contribution in [0.3, 0.4) is 0 Å². The number of nitrogen functional groups attached to an aromatic ring is 1. The van der Waals surface area contributed by atoms with Crippen molar-refractivity contribution in [3.05, 3.63) is 30.0 Å². The number of carbonyl (C=O) groups is 1. The van der Waals surface area contributed by atoms with Crippen molar-refractivity contribution in [3.63, 3.8) is 0 Å². The van der Waals surface area contributed by atoms with Crippen molar-refractivity contribution in [1.29, 1.82) is 0 Å². The molecule has 0 atom stereocenters. The lowest BCUT2D eigenvalue weighted by Crippen LogP contribution is -2.14. The van der Waals surface area contributed by atoms with Gasteiger partial charge in [-0.1, -0.05) is 5.16 Å². The SMILES string of the molecule is CCOC(=O)c1cc(N)cnc1NCCc1ncon1. The molecular weight excluding hydrogens is 262 g/mol. The Bertz CT molecular complexity index is 570. The van der Waals surface area contributed by atoms with Gasteiger partial charge in [0.1, 0.15) is 11.4 Å². The Morgan fingerprint density at radius 1 is 1.50 bits per heavy atom. The van der Waals surface area contributed by atoms with Gasteiger partial charge in [-0.3, -0.25) is 0 Å². The van der Waals surface area contributed by atoms with Gasteiger partial charge < -0.3 is 20.3 Å². The molecule has 8 heteroatoms. The van der Waals surface area contributed by atoms with E-state index in [4.69, 9.17) is 10.5 Å². The quantitative estimate of drug-likeness (QED) is 0.747. The summed E-state index contributed by atoms with van der Waals surface area (Å²) in [5, 5.41) is 6.72. The van der Waals surface area contributed by atoms with E-state index < -0.39 is 5.97 Å². The Hall–Kier alpha value is -2.64. The number of nitrogens with two attached hydrogens (primary N) is 1. The van der Waals surface area contributed by atoms with Gasteiger partial charge in [-0.05, 0) is 13.0 Å². The van der Waals surface area contributed by atoms with Crippen LogP contribution in [0.25, 0.3) is 0 Å². The summed E-state index contributed by atoms with van der Waals surface area (Å²) in [6.07, 6.45) is 3.28. The Balaban J connectivity index is 2.04. The van der Waals surface area contributed by atoms with Gasteiger partial charge in [0.2, 0.25) is 6.39 Å². The number of nitrogens with zero attached hydrogens (tertiary/aromatic N) is 3. The summed E-state index contributed by atoms with van der Waals surface area (Å²) in [4.78, 5) is 19.8. The lowest BCUT2D eigenvalue weighted by Gasteiger charge is -2.10. The van der Waals surface area contributed by atoms with Crippen molar-refractivity contribution in [2.75, 3.05) is 24.2 Å². The summed E-state index contributed by atoms with van der Waals surface area (Å²) < 4.78 is 9.59. The number of ether oxygens (including phenoxy) is 1. The van der Waals surface area contributed by atoms with Crippen LogP contribution in [-0.2, 0) is 11.2 Å². The van der Waals surface area contributed by atoms with Crippen LogP contribution in [0.15, 0.2) is 23.2 Å². The minimum absolute atomic E-state index is 0.288. The summed E-state index contributed by atoms with van der Waals surface area (Å²) in [7, 11) is 0. The third kappa shape index (κ3) is 3.44. The second-order valence-electron chi connectivity index (χ2n) is 3.91. The number of anilines is 2. The average molecular weight is 277 g/mol. The van der Waals surface area contributed by atoms with Crippen molar-refractivity contribution >= 4 is 17.5 Å². The molecule has 2 rings (SSSR count). The van der Waals surface area contributed by atoms with Crippen LogP contribution in [0.2, 0.25) is 0 Å². The second-order valence-corrected chi connectivity index (χ2v) is 3.91. The van der Waals surface area contributed by atoms with E-state index in [0.717, 1.165) is 0 Å². The first-order valence-electron chi connectivity index (χ1n) is 6.12. The highest BCUT2D eigenvalue weighted by Gasteiger charge is 2.14. The van der Waals surface area contributed by atoms with Crippen LogP contribution in [0, 0.1) is 0 Å². The molecule has 0 aromatic carbocycles. The van der Waals surface area contributed by atoms with Crippen LogP contribution < -0.4 is 11.1 Å². The van der Waals surface area contributed by atoms with E-state index in [1.54, 1.807) is 6.92 Å². The molecule has 3 N–H and O–H groups in total. The zero-order valence-electron chi connectivity index (χ0n) is 11.0. The van der Waals surface area contributed by atoms with Gasteiger partial charge >= 0.3 is 5.97 Å². The molecular formula is C12H15N5O3. The fourth-order valence-electron chi connectivity index (χ4n) is 1.58. The van der Waals surface area contributed by atoms with Gasteiger partial charge in [-0.25, -0.2) is 9.78 Å². The number of aromatic nitrogens is 3. The molecule has 0 radical (unpaired) electrons. The largest absolute Gasteiger partial charge is 0.462 e. The zero-order chi connectivity index (χ0) is 14.4. The first-order chi connectivity index (χ1) is 9.70. The number of carbonyl (C=O) groups excluding carboxylic acids is 1. The Morgan fingerprint density at radius 3 is 3.05 bits per heavy atom. The van der Waals surface area contributed by atoms with E-state index in [2.05, 4.69) is 25.0 Å². The molecule has 0 saturated carbocycles. The maximum absolute atomic E-state index is 11.8. The Morgan fingerprint density at radius 2 is 2.35 bits per heavy atom. The molecule has 0 bridgehead atoms. The molecule has 0 fully saturated rings. The van der Waals surface area contributed by atoms with Crippen molar-refractivity contribution in [1.82, 2.24) is 15.1 Å². The molecule has 0 aliphatic heterocycles. The number of esters is 1. The van der Waals surface area contributed by atoms with Gasteiger partial charge in [0, 0.05) is 13.0 Å². The fourth-order valence-corrected chi connectivity index (χ4v) is 1.58. The summed E-state index contributed by atoms with van der Waals surface area (Å²) in [5.41, 5.74) is 6.34. The monoisotopic (exact) mass is 277 g/mol. The van der Waals surface area contributed by atoms with E-state index >= 15 is 0 Å². The van der Waals surface area contributed by atoms with Crippen LogP contribution in [0.4, 0.5) is 11.5 Å². The zero-order valence-corrected chi connectivity index (χ0v) is 11.0. The van der Waals surface area contributed by atoms with Crippen LogP contribution >= 0.6 is 0 Å². The molecule has 2 aromatic heterocycles. The van der Waals surface area contributed by atoms with Gasteiger partial charge in [0.25, 0.3) is 0 Å². The number of nitrogens with one attached hydrogen (secondary N) is 1. The van der Waals surface area contributed by atoms with E-state index in [9.17, 15) is 4.79 Å². The molecule has 0 amide bonds. The Labute approximate surface area is 115 Å². The predicted molar refractivity (Wildman–Crippen MR) is 71.1 cm³/mol. The normalized spacial score (nSPS) is 10.2. The van der Waals surface area contributed by atoms with Gasteiger partial charge in [-0.15, -0.1) is 0 Å². The fraction of sp³-hybridized carbons (Fsp3) is 0.333. The number of rotatable bonds is 6. The molecule has 0 saturated heterocycles. The second kappa shape index (κ2) is 6.50. The average Bonchev–Trinajstić information content (AvgIpc) is 2.94. The van der Waals surface area contributed by atoms with Gasteiger partial charge in [-0.2, -0.15) is 4.98 Å². The van der Waals surface area contributed by atoms with Crippen molar-refractivity contribution in [3.8, 4) is 0 Å². The van der Waals surface area contributed by atoms with Crippen molar-refractivity contribution < 1.29 is 14.1 Å². The van der Waals surface area contributed by atoms with E-state index in [1.165, 1.54) is 18.7 Å². The van der Waals surface area contributed by atoms with Crippen LogP contribution in [0.5, 0.6) is 0 Å². The van der Waals surface area contributed by atoms with Crippen LogP contribution in [0.1, 0.15) is 23.1 Å². The van der Waals surface area contributed by atoms with E-state index in [-0.39, 0.29) is 6.61 Å².